The molecule has 8 heteroatoms. The topological polar surface area (TPSA) is 99.1 Å². The summed E-state index contributed by atoms with van der Waals surface area (Å²) in [6, 6.07) is -0.638. The number of carboxylic acid groups (broad SMARTS) is 1. The third-order valence-electron chi connectivity index (χ3n) is 10.5. The molecule has 0 rings (SSSR count). The Morgan fingerprint density at radius 1 is 0.441 bits per heavy atom. The average molecular weight is 941 g/mol. The number of quaternary nitrogens is 1. The first-order chi connectivity index (χ1) is 33.1. The molecule has 0 aliphatic carbocycles. The van der Waals surface area contributed by atoms with Crippen molar-refractivity contribution in [3.63, 3.8) is 0 Å². The van der Waals surface area contributed by atoms with E-state index in [0.29, 0.717) is 19.3 Å². The summed E-state index contributed by atoms with van der Waals surface area (Å²) >= 11 is 0. The van der Waals surface area contributed by atoms with Gasteiger partial charge < -0.3 is 23.8 Å². The summed E-state index contributed by atoms with van der Waals surface area (Å²) in [6.45, 7) is 4.41. The number of nitrogens with zero attached hydrogens (tertiary/aromatic N) is 1. The fourth-order valence-electron chi connectivity index (χ4n) is 6.57. The number of carboxylic acids is 1. The predicted octanol–water partition coefficient (Wildman–Crippen LogP) is 15.3. The Balaban J connectivity index is 4.43. The average Bonchev–Trinajstić information content (AvgIpc) is 3.30. The van der Waals surface area contributed by atoms with Gasteiger partial charge in [0.2, 0.25) is 0 Å². The molecule has 1 N–H and O–H groups in total. The zero-order valence-electron chi connectivity index (χ0n) is 43.2. The van der Waals surface area contributed by atoms with Crippen LogP contribution in [0.15, 0.2) is 146 Å². The van der Waals surface area contributed by atoms with Crippen molar-refractivity contribution in [2.45, 2.75) is 174 Å². The number of likely N-dealkylation sites (N-methyl/N-ethyl adjacent to an activating group) is 1. The second kappa shape index (κ2) is 48.7. The van der Waals surface area contributed by atoms with Gasteiger partial charge >= 0.3 is 17.9 Å². The molecule has 0 aromatic heterocycles. The highest BCUT2D eigenvalue weighted by Crippen LogP contribution is 2.12. The van der Waals surface area contributed by atoms with Crippen LogP contribution in [0.2, 0.25) is 0 Å². The Labute approximate surface area is 415 Å². The van der Waals surface area contributed by atoms with Gasteiger partial charge in [-0.1, -0.05) is 173 Å². The largest absolute Gasteiger partial charge is 0.477 e. The molecule has 0 aromatic rings. The minimum absolute atomic E-state index is 0.0249. The fourth-order valence-corrected chi connectivity index (χ4v) is 6.57. The molecule has 0 aliphatic rings. The van der Waals surface area contributed by atoms with Gasteiger partial charge in [-0.2, -0.15) is 0 Å². The van der Waals surface area contributed by atoms with Gasteiger partial charge in [0.15, 0.2) is 12.1 Å². The first-order valence-electron chi connectivity index (χ1n) is 25.9. The Bertz CT molecular complexity index is 1610. The number of carbonyl (C=O) groups excluding carboxylic acids is 2. The summed E-state index contributed by atoms with van der Waals surface area (Å²) in [5.74, 6) is -1.57. The van der Waals surface area contributed by atoms with E-state index in [1.807, 2.05) is 21.1 Å². The summed E-state index contributed by atoms with van der Waals surface area (Å²) < 4.78 is 17.3. The van der Waals surface area contributed by atoms with E-state index in [-0.39, 0.29) is 42.7 Å². The van der Waals surface area contributed by atoms with E-state index in [4.69, 9.17) is 14.2 Å². The number of unbranched alkanes of at least 4 members (excludes halogenated alkanes) is 6. The van der Waals surface area contributed by atoms with Crippen molar-refractivity contribution < 1.29 is 38.2 Å². The third kappa shape index (κ3) is 46.3. The SMILES string of the molecule is CC/C=C/C/C=C/C/C=C/C/C=C/C/C=C/C/C=C/CCCCCC(=O)OCC(COCCC(C(=O)O)[N+](C)(C)C)OC(=O)CCCCC/C=C/C/C=C/C/C=C/C/C=C/C/C=C/C/C=C/CC. The molecular formula is C60H94NO7+. The fraction of sp³-hybridized carbons (Fsp3) is 0.550. The Kier molecular flexibility index (Phi) is 45.2. The lowest BCUT2D eigenvalue weighted by Gasteiger charge is -2.31. The Morgan fingerprint density at radius 2 is 0.779 bits per heavy atom. The van der Waals surface area contributed by atoms with Gasteiger partial charge in [0.25, 0.3) is 0 Å². The van der Waals surface area contributed by atoms with Crippen molar-refractivity contribution in [2.75, 3.05) is 41.0 Å². The summed E-state index contributed by atoms with van der Waals surface area (Å²) in [7, 11) is 5.49. The van der Waals surface area contributed by atoms with Crippen molar-refractivity contribution >= 4 is 17.9 Å². The molecule has 8 nitrogen and oxygen atoms in total. The molecule has 0 amide bonds. The van der Waals surface area contributed by atoms with Crippen LogP contribution in [-0.4, -0.2) is 80.6 Å². The molecule has 0 aromatic carbocycles. The monoisotopic (exact) mass is 941 g/mol. The van der Waals surface area contributed by atoms with E-state index < -0.39 is 18.1 Å². The minimum atomic E-state index is -0.892. The smallest absolute Gasteiger partial charge is 0.362 e. The summed E-state index contributed by atoms with van der Waals surface area (Å²) in [5.41, 5.74) is 0. The summed E-state index contributed by atoms with van der Waals surface area (Å²) in [4.78, 5) is 37.2. The molecule has 0 saturated carbocycles. The number of aliphatic carboxylic acids is 1. The molecule has 2 atom stereocenters. The molecule has 2 unspecified atom stereocenters. The minimum Gasteiger partial charge on any atom is -0.477 e. The van der Waals surface area contributed by atoms with Crippen molar-refractivity contribution in [1.82, 2.24) is 0 Å². The number of rotatable bonds is 44. The third-order valence-corrected chi connectivity index (χ3v) is 10.5. The van der Waals surface area contributed by atoms with E-state index in [1.165, 1.54) is 0 Å². The van der Waals surface area contributed by atoms with E-state index in [9.17, 15) is 19.5 Å². The number of esters is 2. The maximum Gasteiger partial charge on any atom is 0.362 e. The molecule has 0 heterocycles. The highest BCUT2D eigenvalue weighted by Gasteiger charge is 2.31. The molecule has 0 spiro atoms. The van der Waals surface area contributed by atoms with E-state index in [1.54, 1.807) is 0 Å². The molecule has 0 saturated heterocycles. The van der Waals surface area contributed by atoms with Crippen LogP contribution in [-0.2, 0) is 28.6 Å². The first-order valence-corrected chi connectivity index (χ1v) is 25.9. The number of hydrogen-bond acceptors (Lipinski definition) is 6. The van der Waals surface area contributed by atoms with Gasteiger partial charge in [-0.05, 0) is 116 Å². The predicted molar refractivity (Wildman–Crippen MR) is 288 cm³/mol. The van der Waals surface area contributed by atoms with Crippen molar-refractivity contribution in [3.8, 4) is 0 Å². The van der Waals surface area contributed by atoms with Crippen molar-refractivity contribution in [3.05, 3.63) is 146 Å². The van der Waals surface area contributed by atoms with Gasteiger partial charge in [-0.25, -0.2) is 4.79 Å². The number of carbonyl (C=O) groups is 3. The van der Waals surface area contributed by atoms with Crippen LogP contribution < -0.4 is 0 Å². The second-order valence-corrected chi connectivity index (χ2v) is 17.7. The number of ether oxygens (including phenoxy) is 3. The number of allylic oxidation sites excluding steroid dienone is 24. The molecule has 68 heavy (non-hydrogen) atoms. The van der Waals surface area contributed by atoms with Gasteiger partial charge in [-0.3, -0.25) is 9.59 Å². The lowest BCUT2D eigenvalue weighted by molar-refractivity contribution is -0.887. The van der Waals surface area contributed by atoms with E-state index in [2.05, 4.69) is 160 Å². The molecule has 0 radical (unpaired) electrons. The van der Waals surface area contributed by atoms with E-state index >= 15 is 0 Å². The van der Waals surface area contributed by atoms with Crippen molar-refractivity contribution in [1.29, 1.82) is 0 Å². The van der Waals surface area contributed by atoms with Gasteiger partial charge in [0.1, 0.15) is 6.61 Å². The molecular weight excluding hydrogens is 847 g/mol. The Morgan fingerprint density at radius 3 is 1.12 bits per heavy atom. The van der Waals surface area contributed by atoms with Gasteiger partial charge in [0.05, 0.1) is 34.4 Å². The van der Waals surface area contributed by atoms with Crippen LogP contribution in [0.1, 0.15) is 162 Å². The molecule has 0 bridgehead atoms. The Hall–Kier alpha value is -4.79. The van der Waals surface area contributed by atoms with Crippen LogP contribution in [0.4, 0.5) is 0 Å². The highest BCUT2D eigenvalue weighted by atomic mass is 16.6. The quantitative estimate of drug-likeness (QED) is 0.0281. The van der Waals surface area contributed by atoms with Crippen LogP contribution in [0.5, 0.6) is 0 Å². The van der Waals surface area contributed by atoms with Gasteiger partial charge in [0, 0.05) is 19.3 Å². The zero-order valence-corrected chi connectivity index (χ0v) is 43.2. The van der Waals surface area contributed by atoms with Gasteiger partial charge in [-0.15, -0.1) is 0 Å². The van der Waals surface area contributed by atoms with E-state index in [0.717, 1.165) is 122 Å². The lowest BCUT2D eigenvalue weighted by Crippen LogP contribution is -2.50. The summed E-state index contributed by atoms with van der Waals surface area (Å²) in [5, 5.41) is 9.66. The standard InChI is InChI=1S/C60H93NO7/c1-6-8-10-12-14-16-18-20-22-24-26-28-30-32-34-36-38-40-42-44-46-48-50-58(62)67-55-56(54-66-53-52-57(60(64)65)61(3,4)5)68-59(63)51-49-47-45-43-41-39-37-35-33-31-29-27-25-23-21-19-17-15-13-11-9-7-2/h8-11,14-17,20-23,26-29,32-35,38-41,56-57H,6-7,12-13,18-19,24-25,30-31,36-37,42-55H2,1-5H3/p+1/b10-8+,11-9+,16-14+,17-15+,22-20+,23-21+,28-26+,29-27+,34-32+,35-33+,40-38+,41-39+. The lowest BCUT2D eigenvalue weighted by atomic mass is 10.1. The van der Waals surface area contributed by atoms with Crippen LogP contribution in [0.3, 0.4) is 0 Å². The summed E-state index contributed by atoms with van der Waals surface area (Å²) in [6.07, 6.45) is 71.8. The molecule has 0 fully saturated rings. The first kappa shape index (κ1) is 63.2. The van der Waals surface area contributed by atoms with Crippen LogP contribution >= 0.6 is 0 Å². The molecule has 380 valence electrons. The zero-order chi connectivity index (χ0) is 49.9. The van der Waals surface area contributed by atoms with Crippen LogP contribution in [0, 0.1) is 0 Å². The normalized spacial score (nSPS) is 14.1. The molecule has 0 aliphatic heterocycles. The maximum absolute atomic E-state index is 12.8. The highest BCUT2D eigenvalue weighted by molar-refractivity contribution is 5.72. The second-order valence-electron chi connectivity index (χ2n) is 17.7. The number of hydrogen-bond donors (Lipinski definition) is 1. The maximum atomic E-state index is 12.8. The van der Waals surface area contributed by atoms with Crippen LogP contribution in [0.25, 0.3) is 0 Å². The van der Waals surface area contributed by atoms with Crippen molar-refractivity contribution in [2.24, 2.45) is 0 Å².